The number of anilines is 3. The highest BCUT2D eigenvalue weighted by Gasteiger charge is 2.42. The van der Waals surface area contributed by atoms with Gasteiger partial charge in [-0.3, -0.25) is 29.4 Å². The average Bonchev–Trinajstić information content (AvgIpc) is 3.81. The Morgan fingerprint density at radius 3 is 2.16 bits per heavy atom. The zero-order valence-electron chi connectivity index (χ0n) is 33.0. The summed E-state index contributed by atoms with van der Waals surface area (Å²) in [4.78, 5) is 67.8. The molecule has 3 aromatic carbocycles. The number of nitrogens with zero attached hydrogens (tertiary/aromatic N) is 7. The first-order valence-electron chi connectivity index (χ1n) is 21.0. The zero-order chi connectivity index (χ0) is 40.0. The molecule has 0 aliphatic carbocycles. The minimum Gasteiger partial charge on any atom is -0.372 e. The molecule has 12 nitrogen and oxygen atoms in total. The van der Waals surface area contributed by atoms with Gasteiger partial charge in [0, 0.05) is 118 Å². The number of hydrogen-bond acceptors (Lipinski definition) is 8. The van der Waals surface area contributed by atoms with Crippen LogP contribution in [0.15, 0.2) is 60.7 Å². The number of nitrogens with one attached hydrogen (secondary N) is 1. The highest BCUT2D eigenvalue weighted by atomic mass is 35.5. The van der Waals surface area contributed by atoms with Crippen LogP contribution in [0.3, 0.4) is 0 Å². The van der Waals surface area contributed by atoms with Crippen molar-refractivity contribution in [3.05, 3.63) is 93.8 Å². The lowest BCUT2D eigenvalue weighted by atomic mass is 9.77. The van der Waals surface area contributed by atoms with Crippen LogP contribution in [0.1, 0.15) is 71.2 Å². The van der Waals surface area contributed by atoms with Crippen LogP contribution in [0, 0.1) is 17.9 Å². The van der Waals surface area contributed by atoms with E-state index in [9.17, 15) is 19.2 Å². The number of piperazine rings is 1. The van der Waals surface area contributed by atoms with Gasteiger partial charge in [0.15, 0.2) is 0 Å². The van der Waals surface area contributed by atoms with Crippen molar-refractivity contribution in [2.45, 2.75) is 57.5 Å². The Kier molecular flexibility index (Phi) is 10.5. The number of halogens is 1. The van der Waals surface area contributed by atoms with Crippen LogP contribution in [-0.4, -0.2) is 116 Å². The monoisotopic (exact) mass is 802 g/mol. The summed E-state index contributed by atoms with van der Waals surface area (Å²) in [6, 6.07) is 19.4. The van der Waals surface area contributed by atoms with E-state index in [0.717, 1.165) is 127 Å². The lowest BCUT2D eigenvalue weighted by Crippen LogP contribution is -2.52. The van der Waals surface area contributed by atoms with Gasteiger partial charge in [-0.1, -0.05) is 17.7 Å². The van der Waals surface area contributed by atoms with Crippen LogP contribution in [0.2, 0.25) is 5.02 Å². The molecule has 0 radical (unpaired) electrons. The molecule has 1 unspecified atom stereocenters. The Labute approximate surface area is 345 Å². The van der Waals surface area contributed by atoms with Crippen molar-refractivity contribution in [3.63, 3.8) is 0 Å². The van der Waals surface area contributed by atoms with E-state index in [0.29, 0.717) is 35.2 Å². The van der Waals surface area contributed by atoms with E-state index in [1.54, 1.807) is 4.90 Å². The third kappa shape index (κ3) is 7.62. The molecule has 5 saturated heterocycles. The molecule has 6 aliphatic rings. The third-order valence-corrected chi connectivity index (χ3v) is 14.1. The normalized spacial score (nSPS) is 22.7. The number of benzene rings is 3. The number of likely N-dealkylation sites (tertiary alicyclic amines) is 1. The summed E-state index contributed by atoms with van der Waals surface area (Å²) >= 11 is 6.33. The minimum absolute atomic E-state index is 0.122. The Balaban J connectivity index is 0.705. The smallest absolute Gasteiger partial charge is 0.255 e. The summed E-state index contributed by atoms with van der Waals surface area (Å²) in [5, 5.41) is 2.89. The molecule has 3 aromatic rings. The van der Waals surface area contributed by atoms with Crippen molar-refractivity contribution in [2.24, 2.45) is 11.3 Å². The predicted molar refractivity (Wildman–Crippen MR) is 225 cm³/mol. The SMILES string of the molecule is [C-]#[N+]c1ccc(N2CCC3(CCN(C(=O)c4ccc(N5CCN(CC6CCN(c7ccc8c(c7)CN(C7CCC(=O)NC7=O)C8=O)CC6)CC5)cc4)CC3)C2)cc1Cl. The molecule has 0 bridgehead atoms. The van der Waals surface area contributed by atoms with Gasteiger partial charge in [-0.15, -0.1) is 0 Å². The van der Waals surface area contributed by atoms with Gasteiger partial charge < -0.3 is 24.5 Å². The van der Waals surface area contributed by atoms with Crippen molar-refractivity contribution in [2.75, 3.05) is 86.7 Å². The number of carbonyl (C=O) groups is 4. The van der Waals surface area contributed by atoms with Crippen molar-refractivity contribution in [3.8, 4) is 0 Å². The van der Waals surface area contributed by atoms with Crippen molar-refractivity contribution < 1.29 is 19.2 Å². The maximum Gasteiger partial charge on any atom is 0.255 e. The third-order valence-electron chi connectivity index (χ3n) is 13.8. The maximum absolute atomic E-state index is 13.6. The molecule has 4 amide bonds. The lowest BCUT2D eigenvalue weighted by molar-refractivity contribution is -0.136. The first-order valence-corrected chi connectivity index (χ1v) is 21.3. The zero-order valence-corrected chi connectivity index (χ0v) is 33.8. The molecular formula is C45H51ClN8O4. The highest BCUT2D eigenvalue weighted by Crippen LogP contribution is 2.43. The van der Waals surface area contributed by atoms with E-state index in [4.69, 9.17) is 18.2 Å². The van der Waals surface area contributed by atoms with Crippen LogP contribution < -0.4 is 20.0 Å². The Bertz CT molecular complexity index is 2130. The molecule has 1 N–H and O–H groups in total. The number of rotatable bonds is 7. The number of carbonyl (C=O) groups excluding carboxylic acids is 4. The van der Waals surface area contributed by atoms with Crippen LogP contribution in [0.4, 0.5) is 22.7 Å². The summed E-state index contributed by atoms with van der Waals surface area (Å²) < 4.78 is 0. The second-order valence-electron chi connectivity index (χ2n) is 17.2. The van der Waals surface area contributed by atoms with Crippen LogP contribution in [-0.2, 0) is 16.1 Å². The van der Waals surface area contributed by atoms with Gasteiger partial charge in [0.1, 0.15) is 6.04 Å². The van der Waals surface area contributed by atoms with E-state index < -0.39 is 6.04 Å². The van der Waals surface area contributed by atoms with Crippen LogP contribution >= 0.6 is 11.6 Å². The van der Waals surface area contributed by atoms with Crippen LogP contribution in [0.5, 0.6) is 0 Å². The van der Waals surface area contributed by atoms with Gasteiger partial charge in [0.2, 0.25) is 17.5 Å². The first-order chi connectivity index (χ1) is 28.1. The number of fused-ring (bicyclic) bond motifs is 1. The molecular weight excluding hydrogens is 752 g/mol. The second-order valence-corrected chi connectivity index (χ2v) is 17.6. The summed E-state index contributed by atoms with van der Waals surface area (Å²) in [6.07, 6.45) is 5.98. The lowest BCUT2D eigenvalue weighted by Gasteiger charge is -2.40. The first kappa shape index (κ1) is 38.4. The van der Waals surface area contributed by atoms with Gasteiger partial charge in [-0.2, -0.15) is 0 Å². The number of piperidine rings is 3. The van der Waals surface area contributed by atoms with Crippen LogP contribution in [0.25, 0.3) is 4.85 Å². The molecule has 0 aromatic heterocycles. The maximum atomic E-state index is 13.6. The highest BCUT2D eigenvalue weighted by molar-refractivity contribution is 6.33. The summed E-state index contributed by atoms with van der Waals surface area (Å²) in [5.41, 5.74) is 6.45. The van der Waals surface area contributed by atoms with E-state index in [-0.39, 0.29) is 35.5 Å². The average molecular weight is 803 g/mol. The summed E-state index contributed by atoms with van der Waals surface area (Å²) in [5.74, 6) is -0.0120. The number of hydrogen-bond donors (Lipinski definition) is 1. The topological polar surface area (TPSA) is 104 Å². The van der Waals surface area contributed by atoms with Gasteiger partial charge >= 0.3 is 0 Å². The Hall–Kier alpha value is -5.12. The van der Waals surface area contributed by atoms with E-state index >= 15 is 0 Å². The van der Waals surface area contributed by atoms with Gasteiger partial charge in [-0.05, 0) is 110 Å². The predicted octanol–water partition coefficient (Wildman–Crippen LogP) is 5.82. The number of imide groups is 1. The molecule has 58 heavy (non-hydrogen) atoms. The quantitative estimate of drug-likeness (QED) is 0.236. The fourth-order valence-electron chi connectivity index (χ4n) is 10.2. The fourth-order valence-corrected chi connectivity index (χ4v) is 10.4. The molecule has 302 valence electrons. The standard InChI is InChI=1S/C45H51ClN8O4/c1-47-39-9-7-36(27-38(39)46)53-21-16-45(30-53)14-19-52(20-15-45)43(57)32-2-4-34(5-3-32)51-24-22-49(23-25-51)28-31-12-17-50(18-13-31)35-6-8-37-33(26-35)29-54(44(37)58)40-10-11-41(55)48-42(40)56/h2-9,26-27,31,40H,10-25,28-30H2,(H,48,55,56). The second kappa shape index (κ2) is 15.9. The molecule has 0 saturated carbocycles. The van der Waals surface area contributed by atoms with E-state index in [2.05, 4.69) is 48.0 Å². The fraction of sp³-hybridized carbons (Fsp3) is 0.489. The molecule has 9 rings (SSSR count). The van der Waals surface area contributed by atoms with Crippen molar-refractivity contribution in [1.29, 1.82) is 0 Å². The van der Waals surface area contributed by atoms with Crippen molar-refractivity contribution >= 4 is 58.0 Å². The molecule has 1 spiro atoms. The van der Waals surface area contributed by atoms with Gasteiger partial charge in [0.25, 0.3) is 11.8 Å². The molecule has 1 atom stereocenters. The molecule has 5 fully saturated rings. The minimum atomic E-state index is -0.593. The number of amides is 4. The summed E-state index contributed by atoms with van der Waals surface area (Å²) in [6.45, 7) is 18.2. The molecule has 6 aliphatic heterocycles. The Morgan fingerprint density at radius 2 is 1.45 bits per heavy atom. The molecule has 6 heterocycles. The van der Waals surface area contributed by atoms with Gasteiger partial charge in [-0.25, -0.2) is 4.85 Å². The van der Waals surface area contributed by atoms with Gasteiger partial charge in [0.05, 0.1) is 6.57 Å². The van der Waals surface area contributed by atoms with E-state index in [1.807, 2.05) is 47.4 Å². The summed E-state index contributed by atoms with van der Waals surface area (Å²) in [7, 11) is 0. The Morgan fingerprint density at radius 1 is 0.776 bits per heavy atom. The molecule has 13 heteroatoms. The van der Waals surface area contributed by atoms with Crippen molar-refractivity contribution in [1.82, 2.24) is 20.0 Å². The largest absolute Gasteiger partial charge is 0.372 e. The van der Waals surface area contributed by atoms with E-state index in [1.165, 1.54) is 5.69 Å².